The topological polar surface area (TPSA) is 18.5 Å². The maximum Gasteiger partial charge on any atom is 0.204 e. The number of benzene rings is 1. The number of halogens is 2. The third-order valence-electron chi connectivity index (χ3n) is 4.09. The summed E-state index contributed by atoms with van der Waals surface area (Å²) in [6.45, 7) is 0.448. The van der Waals surface area contributed by atoms with Crippen molar-refractivity contribution < 1.29 is 18.3 Å². The normalized spacial score (nSPS) is 19.3. The van der Waals surface area contributed by atoms with Crippen LogP contribution in [0.25, 0.3) is 0 Å². The van der Waals surface area contributed by atoms with Gasteiger partial charge >= 0.3 is 0 Å². The van der Waals surface area contributed by atoms with Gasteiger partial charge in [0.1, 0.15) is 0 Å². The van der Waals surface area contributed by atoms with E-state index in [1.807, 2.05) is 0 Å². The summed E-state index contributed by atoms with van der Waals surface area (Å²) in [6, 6.07) is 2.94. The molecule has 2 nitrogen and oxygen atoms in total. The molecule has 0 aliphatic heterocycles. The molecule has 0 spiro atoms. The van der Waals surface area contributed by atoms with Gasteiger partial charge in [0.05, 0.1) is 12.7 Å². The molecule has 0 atom stereocenters. The van der Waals surface area contributed by atoms with Gasteiger partial charge in [-0.15, -0.1) is 0 Å². The summed E-state index contributed by atoms with van der Waals surface area (Å²) in [5.41, 5.74) is 0. The second kappa shape index (κ2) is 5.98. The maximum absolute atomic E-state index is 13.9. The van der Waals surface area contributed by atoms with Crippen LogP contribution in [0, 0.1) is 17.6 Å². The van der Waals surface area contributed by atoms with Gasteiger partial charge in [0, 0.05) is 0 Å². The molecule has 0 radical (unpaired) electrons. The van der Waals surface area contributed by atoms with Crippen LogP contribution in [-0.2, 0) is 0 Å². The molecule has 0 saturated heterocycles. The molecule has 4 heteroatoms. The van der Waals surface area contributed by atoms with Crippen molar-refractivity contribution in [1.29, 1.82) is 0 Å². The summed E-state index contributed by atoms with van der Waals surface area (Å²) in [5.74, 6) is -1.16. The number of hydrogen-bond donors (Lipinski definition) is 0. The first kappa shape index (κ1) is 13.7. The predicted octanol–water partition coefficient (Wildman–Crippen LogP) is 4.47. The Morgan fingerprint density at radius 2 is 1.60 bits per heavy atom. The first-order chi connectivity index (χ1) is 9.74. The van der Waals surface area contributed by atoms with E-state index >= 15 is 0 Å². The van der Waals surface area contributed by atoms with Crippen molar-refractivity contribution in [1.82, 2.24) is 0 Å². The maximum atomic E-state index is 13.9. The average molecular weight is 282 g/mol. The molecule has 0 amide bonds. The molecule has 20 heavy (non-hydrogen) atoms. The number of hydrogen-bond acceptors (Lipinski definition) is 2. The van der Waals surface area contributed by atoms with E-state index in [-0.39, 0.29) is 17.6 Å². The Morgan fingerprint density at radius 1 is 0.950 bits per heavy atom. The zero-order chi connectivity index (χ0) is 13.9. The van der Waals surface area contributed by atoms with E-state index in [0.717, 1.165) is 32.1 Å². The molecule has 110 valence electrons. The van der Waals surface area contributed by atoms with Crippen molar-refractivity contribution in [3.63, 3.8) is 0 Å². The van der Waals surface area contributed by atoms with Crippen LogP contribution < -0.4 is 9.47 Å². The van der Waals surface area contributed by atoms with Crippen LogP contribution in [-0.4, -0.2) is 12.7 Å². The van der Waals surface area contributed by atoms with Crippen LogP contribution in [0.4, 0.5) is 8.78 Å². The van der Waals surface area contributed by atoms with Crippen LogP contribution in [0.2, 0.25) is 0 Å². The van der Waals surface area contributed by atoms with Gasteiger partial charge in [-0.05, 0) is 50.2 Å². The van der Waals surface area contributed by atoms with E-state index < -0.39 is 11.6 Å². The summed E-state index contributed by atoms with van der Waals surface area (Å²) >= 11 is 0. The Balaban J connectivity index is 1.62. The van der Waals surface area contributed by atoms with Gasteiger partial charge in [0.25, 0.3) is 0 Å². The van der Waals surface area contributed by atoms with E-state index in [4.69, 9.17) is 9.47 Å². The van der Waals surface area contributed by atoms with Crippen molar-refractivity contribution >= 4 is 0 Å². The van der Waals surface area contributed by atoms with Crippen molar-refractivity contribution in [2.24, 2.45) is 5.92 Å². The molecular formula is C16H20F2O2. The van der Waals surface area contributed by atoms with Crippen molar-refractivity contribution in [2.45, 2.75) is 51.0 Å². The van der Waals surface area contributed by atoms with Crippen molar-refractivity contribution in [3.05, 3.63) is 23.8 Å². The lowest BCUT2D eigenvalue weighted by Gasteiger charge is -2.15. The standard InChI is InChI=1S/C16H20F2O2/c17-15-13(19-10-9-11-5-6-11)7-8-14(16(15)18)20-12-3-1-2-4-12/h7-8,11-12H,1-6,9-10H2. The lowest BCUT2D eigenvalue weighted by Crippen LogP contribution is -2.12. The summed E-state index contributed by atoms with van der Waals surface area (Å²) in [5, 5.41) is 0. The van der Waals surface area contributed by atoms with Gasteiger partial charge in [0.2, 0.25) is 11.6 Å². The molecular weight excluding hydrogens is 262 g/mol. The first-order valence-corrected chi connectivity index (χ1v) is 7.51. The highest BCUT2D eigenvalue weighted by atomic mass is 19.2. The molecule has 0 bridgehead atoms. The highest BCUT2D eigenvalue weighted by molar-refractivity contribution is 5.35. The minimum Gasteiger partial charge on any atom is -0.490 e. The molecule has 2 aliphatic carbocycles. The second-order valence-electron chi connectivity index (χ2n) is 5.79. The van der Waals surface area contributed by atoms with Crippen LogP contribution >= 0.6 is 0 Å². The Kier molecular flexibility index (Phi) is 4.08. The van der Waals surface area contributed by atoms with E-state index in [9.17, 15) is 8.78 Å². The lowest BCUT2D eigenvalue weighted by atomic mass is 10.2. The SMILES string of the molecule is Fc1c(OCCC2CC2)ccc(OC2CCCC2)c1F. The molecule has 0 aromatic heterocycles. The molecule has 0 unspecified atom stereocenters. The molecule has 2 saturated carbocycles. The highest BCUT2D eigenvalue weighted by Crippen LogP contribution is 2.34. The Labute approximate surface area is 118 Å². The number of ether oxygens (including phenoxy) is 2. The molecule has 3 rings (SSSR count). The Morgan fingerprint density at radius 3 is 2.30 bits per heavy atom. The van der Waals surface area contributed by atoms with Gasteiger partial charge < -0.3 is 9.47 Å². The first-order valence-electron chi connectivity index (χ1n) is 7.51. The zero-order valence-corrected chi connectivity index (χ0v) is 11.5. The summed E-state index contributed by atoms with van der Waals surface area (Å²) in [6.07, 6.45) is 7.42. The largest absolute Gasteiger partial charge is 0.490 e. The van der Waals surface area contributed by atoms with Crippen LogP contribution in [0.5, 0.6) is 11.5 Å². The molecule has 0 N–H and O–H groups in total. The van der Waals surface area contributed by atoms with Gasteiger partial charge in [0.15, 0.2) is 11.5 Å². The number of rotatable bonds is 6. The molecule has 0 heterocycles. The summed E-state index contributed by atoms with van der Waals surface area (Å²) in [4.78, 5) is 0. The van der Waals surface area contributed by atoms with Gasteiger partial charge in [-0.2, -0.15) is 8.78 Å². The fraction of sp³-hybridized carbons (Fsp3) is 0.625. The summed E-state index contributed by atoms with van der Waals surface area (Å²) < 4.78 is 38.7. The van der Waals surface area contributed by atoms with Gasteiger partial charge in [-0.3, -0.25) is 0 Å². The Hall–Kier alpha value is -1.32. The smallest absolute Gasteiger partial charge is 0.204 e. The fourth-order valence-electron chi connectivity index (χ4n) is 2.64. The van der Waals surface area contributed by atoms with Gasteiger partial charge in [-0.1, -0.05) is 12.8 Å². The average Bonchev–Trinajstić information content (AvgIpc) is 3.12. The van der Waals surface area contributed by atoms with Crippen molar-refractivity contribution in [3.8, 4) is 11.5 Å². The third kappa shape index (κ3) is 3.22. The highest BCUT2D eigenvalue weighted by Gasteiger charge is 2.23. The fourth-order valence-corrected chi connectivity index (χ4v) is 2.64. The monoisotopic (exact) mass is 282 g/mol. The van der Waals surface area contributed by atoms with Crippen LogP contribution in [0.1, 0.15) is 44.9 Å². The zero-order valence-electron chi connectivity index (χ0n) is 11.5. The Bertz CT molecular complexity index is 466. The lowest BCUT2D eigenvalue weighted by molar-refractivity contribution is 0.196. The van der Waals surface area contributed by atoms with E-state index in [1.54, 1.807) is 0 Å². The quantitative estimate of drug-likeness (QED) is 0.766. The predicted molar refractivity (Wildman–Crippen MR) is 72.1 cm³/mol. The molecule has 2 fully saturated rings. The van der Waals surface area contributed by atoms with Gasteiger partial charge in [-0.25, -0.2) is 0 Å². The van der Waals surface area contributed by atoms with E-state index in [0.29, 0.717) is 12.5 Å². The van der Waals surface area contributed by atoms with E-state index in [2.05, 4.69) is 0 Å². The van der Waals surface area contributed by atoms with Crippen molar-refractivity contribution in [2.75, 3.05) is 6.61 Å². The molecule has 1 aromatic rings. The minimum absolute atomic E-state index is 0.00365. The molecule has 2 aliphatic rings. The van der Waals surface area contributed by atoms with Crippen LogP contribution in [0.3, 0.4) is 0 Å². The second-order valence-corrected chi connectivity index (χ2v) is 5.79. The van der Waals surface area contributed by atoms with E-state index in [1.165, 1.54) is 25.0 Å². The third-order valence-corrected chi connectivity index (χ3v) is 4.09. The van der Waals surface area contributed by atoms with Crippen LogP contribution in [0.15, 0.2) is 12.1 Å². The molecule has 1 aromatic carbocycles. The summed E-state index contributed by atoms with van der Waals surface area (Å²) in [7, 11) is 0. The minimum atomic E-state index is -0.934.